The minimum absolute atomic E-state index is 0.0927. The standard InChI is InChI=1S/C35H56N8O3/c1-4-16-40(17-5-2)18-6-7-19-42(29-34(44)46-25-22-41-20-23-45-24-21-41)26-31-8-10-32(11-9-31)27-43(28-33-36-12-13-37-33)30(3)35-38-14-15-39-35/h8-15,30H,4-7,16-29H2,1-3H3,(H,36,37)(H,38,39). The maximum absolute atomic E-state index is 12.9. The number of hydrogen-bond donors (Lipinski definition) is 2. The number of carbonyl (C=O) groups is 1. The molecule has 1 fully saturated rings. The molecule has 1 saturated heterocycles. The topological polar surface area (TPSA) is 106 Å². The molecule has 3 aromatic rings. The van der Waals surface area contributed by atoms with Gasteiger partial charge in [-0.1, -0.05) is 38.1 Å². The highest BCUT2D eigenvalue weighted by atomic mass is 16.5. The predicted molar refractivity (Wildman–Crippen MR) is 181 cm³/mol. The van der Waals surface area contributed by atoms with E-state index >= 15 is 0 Å². The summed E-state index contributed by atoms with van der Waals surface area (Å²) in [7, 11) is 0. The molecular weight excluding hydrogens is 580 g/mol. The fourth-order valence-electron chi connectivity index (χ4n) is 6.02. The van der Waals surface area contributed by atoms with E-state index in [1.54, 1.807) is 12.4 Å². The minimum atomic E-state index is -0.149. The lowest BCUT2D eigenvalue weighted by atomic mass is 10.1. The average molecular weight is 637 g/mol. The van der Waals surface area contributed by atoms with Crippen molar-refractivity contribution in [1.82, 2.24) is 39.5 Å². The van der Waals surface area contributed by atoms with E-state index in [0.29, 0.717) is 26.2 Å². The molecule has 11 nitrogen and oxygen atoms in total. The van der Waals surface area contributed by atoms with Crippen LogP contribution in [0.4, 0.5) is 0 Å². The lowest BCUT2D eigenvalue weighted by molar-refractivity contribution is -0.145. The van der Waals surface area contributed by atoms with Gasteiger partial charge in [-0.3, -0.25) is 19.5 Å². The third kappa shape index (κ3) is 12.6. The molecule has 2 N–H and O–H groups in total. The Balaban J connectivity index is 1.34. The number of morpholine rings is 1. The van der Waals surface area contributed by atoms with Gasteiger partial charge in [0.1, 0.15) is 18.3 Å². The van der Waals surface area contributed by atoms with Crippen molar-refractivity contribution in [2.24, 2.45) is 0 Å². The number of esters is 1. The van der Waals surface area contributed by atoms with Crippen LogP contribution in [0.3, 0.4) is 0 Å². The highest BCUT2D eigenvalue weighted by Gasteiger charge is 2.20. The number of hydrogen-bond acceptors (Lipinski definition) is 9. The molecule has 2 aromatic heterocycles. The molecule has 0 spiro atoms. The van der Waals surface area contributed by atoms with Gasteiger partial charge in [0.15, 0.2) is 0 Å². The van der Waals surface area contributed by atoms with Crippen molar-refractivity contribution in [2.45, 2.75) is 72.1 Å². The van der Waals surface area contributed by atoms with Crippen LogP contribution in [0.25, 0.3) is 0 Å². The Morgan fingerprint density at radius 2 is 1.54 bits per heavy atom. The van der Waals surface area contributed by atoms with Gasteiger partial charge in [-0.25, -0.2) is 9.97 Å². The molecule has 11 heteroatoms. The Hall–Kier alpha value is -3.09. The Morgan fingerprint density at radius 3 is 2.17 bits per heavy atom. The summed E-state index contributed by atoms with van der Waals surface area (Å²) in [4.78, 5) is 37.8. The average Bonchev–Trinajstić information content (AvgIpc) is 3.79. The maximum atomic E-state index is 12.9. The monoisotopic (exact) mass is 636 g/mol. The van der Waals surface area contributed by atoms with Gasteiger partial charge in [0, 0.05) is 57.5 Å². The zero-order valence-corrected chi connectivity index (χ0v) is 28.3. The highest BCUT2D eigenvalue weighted by molar-refractivity contribution is 5.71. The number of H-pyrrole nitrogens is 2. The van der Waals surface area contributed by atoms with Crippen molar-refractivity contribution in [1.29, 1.82) is 0 Å². The van der Waals surface area contributed by atoms with E-state index in [1.807, 2.05) is 12.4 Å². The van der Waals surface area contributed by atoms with E-state index in [4.69, 9.17) is 9.47 Å². The van der Waals surface area contributed by atoms with Gasteiger partial charge in [0.25, 0.3) is 0 Å². The Labute approximate surface area is 275 Å². The second kappa shape index (κ2) is 20.2. The normalized spacial score (nSPS) is 14.8. The first kappa shape index (κ1) is 35.8. The molecule has 1 atom stereocenters. The van der Waals surface area contributed by atoms with E-state index in [9.17, 15) is 4.79 Å². The Bertz CT molecular complexity index is 1190. The molecule has 0 amide bonds. The molecule has 4 rings (SSSR count). The van der Waals surface area contributed by atoms with Crippen molar-refractivity contribution in [3.63, 3.8) is 0 Å². The number of ether oxygens (including phenoxy) is 2. The summed E-state index contributed by atoms with van der Waals surface area (Å²) >= 11 is 0. The summed E-state index contributed by atoms with van der Waals surface area (Å²) in [5.74, 6) is 1.71. The fraction of sp³-hybridized carbons (Fsp3) is 0.629. The lowest BCUT2D eigenvalue weighted by Crippen LogP contribution is -2.39. The van der Waals surface area contributed by atoms with Crippen LogP contribution in [0.15, 0.2) is 49.1 Å². The third-order valence-electron chi connectivity index (χ3n) is 8.59. The van der Waals surface area contributed by atoms with Crippen molar-refractivity contribution in [3.8, 4) is 0 Å². The van der Waals surface area contributed by atoms with Crippen molar-refractivity contribution >= 4 is 5.97 Å². The quantitative estimate of drug-likeness (QED) is 0.122. The highest BCUT2D eigenvalue weighted by Crippen LogP contribution is 2.22. The van der Waals surface area contributed by atoms with Crippen LogP contribution >= 0.6 is 0 Å². The fourth-order valence-corrected chi connectivity index (χ4v) is 6.02. The van der Waals surface area contributed by atoms with E-state index in [1.165, 1.54) is 24.0 Å². The van der Waals surface area contributed by atoms with Crippen LogP contribution in [-0.4, -0.2) is 118 Å². The number of imidazole rings is 2. The second-order valence-corrected chi connectivity index (χ2v) is 12.3. The van der Waals surface area contributed by atoms with Crippen molar-refractivity contribution in [2.75, 3.05) is 72.2 Å². The SMILES string of the molecule is CCCN(CCC)CCCCN(CC(=O)OCCN1CCOCC1)Cc1ccc(CN(Cc2ncc[nH]2)C(C)c2ncc[nH]2)cc1. The Kier molecular flexibility index (Phi) is 15.7. The summed E-state index contributed by atoms with van der Waals surface area (Å²) in [6.45, 7) is 17.9. The molecule has 254 valence electrons. The number of rotatable bonds is 22. The number of aromatic nitrogens is 4. The summed E-state index contributed by atoms with van der Waals surface area (Å²) in [6, 6.07) is 8.88. The summed E-state index contributed by atoms with van der Waals surface area (Å²) in [5, 5.41) is 0. The zero-order chi connectivity index (χ0) is 32.4. The first-order valence-corrected chi connectivity index (χ1v) is 17.2. The Morgan fingerprint density at radius 1 is 0.891 bits per heavy atom. The van der Waals surface area contributed by atoms with Gasteiger partial charge in [-0.2, -0.15) is 0 Å². The smallest absolute Gasteiger partial charge is 0.320 e. The number of nitrogens with zero attached hydrogens (tertiary/aromatic N) is 6. The van der Waals surface area contributed by atoms with Gasteiger partial charge in [0.2, 0.25) is 0 Å². The first-order valence-electron chi connectivity index (χ1n) is 17.2. The van der Waals surface area contributed by atoms with Crippen LogP contribution in [-0.2, 0) is 33.9 Å². The first-order chi connectivity index (χ1) is 22.5. The number of unbranched alkanes of at least 4 members (excludes halogenated alkanes) is 1. The molecule has 1 unspecified atom stereocenters. The van der Waals surface area contributed by atoms with Crippen LogP contribution in [0.2, 0.25) is 0 Å². The van der Waals surface area contributed by atoms with Crippen LogP contribution in [0, 0.1) is 0 Å². The molecule has 46 heavy (non-hydrogen) atoms. The van der Waals surface area contributed by atoms with Gasteiger partial charge < -0.3 is 24.3 Å². The predicted octanol–water partition coefficient (Wildman–Crippen LogP) is 4.48. The molecule has 1 aliphatic rings. The van der Waals surface area contributed by atoms with Gasteiger partial charge in [-0.05, 0) is 69.9 Å². The number of carbonyl (C=O) groups excluding carboxylic acids is 1. The zero-order valence-electron chi connectivity index (χ0n) is 28.3. The van der Waals surface area contributed by atoms with Crippen LogP contribution < -0.4 is 0 Å². The third-order valence-corrected chi connectivity index (χ3v) is 8.59. The summed E-state index contributed by atoms with van der Waals surface area (Å²) in [6.07, 6.45) is 11.8. The van der Waals surface area contributed by atoms with E-state index in [-0.39, 0.29) is 12.0 Å². The molecule has 1 aromatic carbocycles. The van der Waals surface area contributed by atoms with E-state index in [2.05, 4.69) is 84.6 Å². The van der Waals surface area contributed by atoms with Gasteiger partial charge >= 0.3 is 5.97 Å². The van der Waals surface area contributed by atoms with Crippen molar-refractivity contribution in [3.05, 3.63) is 71.8 Å². The maximum Gasteiger partial charge on any atom is 0.320 e. The molecule has 0 saturated carbocycles. The number of benzene rings is 1. The molecular formula is C35H56N8O3. The largest absolute Gasteiger partial charge is 0.463 e. The molecule has 0 radical (unpaired) electrons. The molecule has 1 aliphatic heterocycles. The van der Waals surface area contributed by atoms with Gasteiger partial charge in [0.05, 0.1) is 32.3 Å². The van der Waals surface area contributed by atoms with E-state index in [0.717, 1.165) is 90.1 Å². The van der Waals surface area contributed by atoms with Crippen LogP contribution in [0.1, 0.15) is 75.3 Å². The van der Waals surface area contributed by atoms with Crippen molar-refractivity contribution < 1.29 is 14.3 Å². The summed E-state index contributed by atoms with van der Waals surface area (Å²) < 4.78 is 11.1. The van der Waals surface area contributed by atoms with E-state index < -0.39 is 0 Å². The molecule has 0 aliphatic carbocycles. The lowest BCUT2D eigenvalue weighted by Gasteiger charge is -2.27. The summed E-state index contributed by atoms with van der Waals surface area (Å²) in [5.41, 5.74) is 2.41. The second-order valence-electron chi connectivity index (χ2n) is 12.3. The van der Waals surface area contributed by atoms with Crippen LogP contribution in [0.5, 0.6) is 0 Å². The minimum Gasteiger partial charge on any atom is -0.463 e. The number of nitrogens with one attached hydrogen (secondary N) is 2. The molecule has 3 heterocycles. The number of aromatic amines is 2. The molecule has 0 bridgehead atoms. The van der Waals surface area contributed by atoms with Gasteiger partial charge in [-0.15, -0.1) is 0 Å².